The SMILES string of the molecule is CCCNC(CCC)Cn1cnc2c1CCCC2. The van der Waals surface area contributed by atoms with E-state index >= 15 is 0 Å². The Morgan fingerprint density at radius 1 is 1.28 bits per heavy atom. The average Bonchev–Trinajstić information content (AvgIpc) is 2.80. The lowest BCUT2D eigenvalue weighted by molar-refractivity contribution is 0.412. The summed E-state index contributed by atoms with van der Waals surface area (Å²) in [7, 11) is 0. The molecule has 0 aromatic carbocycles. The molecule has 1 atom stereocenters. The van der Waals surface area contributed by atoms with E-state index in [2.05, 4.69) is 35.0 Å². The molecule has 1 aromatic rings. The first-order chi connectivity index (χ1) is 8.85. The van der Waals surface area contributed by atoms with Gasteiger partial charge in [0.2, 0.25) is 0 Å². The van der Waals surface area contributed by atoms with Crippen molar-refractivity contribution < 1.29 is 0 Å². The van der Waals surface area contributed by atoms with E-state index in [0.29, 0.717) is 6.04 Å². The van der Waals surface area contributed by atoms with Crippen LogP contribution in [0, 0.1) is 0 Å². The fraction of sp³-hybridized carbons (Fsp3) is 0.800. The first kappa shape index (κ1) is 13.6. The first-order valence-corrected chi connectivity index (χ1v) is 7.61. The number of fused-ring (bicyclic) bond motifs is 1. The van der Waals surface area contributed by atoms with Crippen LogP contribution in [-0.2, 0) is 19.4 Å². The lowest BCUT2D eigenvalue weighted by Crippen LogP contribution is -2.34. The summed E-state index contributed by atoms with van der Waals surface area (Å²) in [5.74, 6) is 0. The second kappa shape index (κ2) is 6.93. The second-order valence-electron chi connectivity index (χ2n) is 5.44. The third-order valence-corrected chi connectivity index (χ3v) is 3.85. The molecule has 0 amide bonds. The predicted molar refractivity (Wildman–Crippen MR) is 75.9 cm³/mol. The Balaban J connectivity index is 1.99. The molecule has 0 spiro atoms. The molecule has 1 aliphatic carbocycles. The number of nitrogens with one attached hydrogen (secondary N) is 1. The molecule has 0 saturated carbocycles. The topological polar surface area (TPSA) is 29.9 Å². The molecular weight excluding hydrogens is 222 g/mol. The van der Waals surface area contributed by atoms with Crippen LogP contribution in [0.1, 0.15) is 57.3 Å². The van der Waals surface area contributed by atoms with Crippen molar-refractivity contribution in [3.63, 3.8) is 0 Å². The number of hydrogen-bond acceptors (Lipinski definition) is 2. The van der Waals surface area contributed by atoms with Crippen molar-refractivity contribution >= 4 is 0 Å². The van der Waals surface area contributed by atoms with E-state index in [1.165, 1.54) is 56.3 Å². The number of nitrogens with zero attached hydrogens (tertiary/aromatic N) is 2. The minimum atomic E-state index is 0.607. The zero-order chi connectivity index (χ0) is 12.8. The molecule has 1 heterocycles. The van der Waals surface area contributed by atoms with Crippen LogP contribution >= 0.6 is 0 Å². The van der Waals surface area contributed by atoms with E-state index in [9.17, 15) is 0 Å². The Kier molecular flexibility index (Phi) is 5.24. The second-order valence-corrected chi connectivity index (χ2v) is 5.44. The van der Waals surface area contributed by atoms with Gasteiger partial charge in [0.25, 0.3) is 0 Å². The van der Waals surface area contributed by atoms with Crippen LogP contribution in [-0.4, -0.2) is 22.1 Å². The maximum atomic E-state index is 4.59. The molecule has 0 fully saturated rings. The number of aryl methyl sites for hydroxylation is 1. The molecule has 0 aliphatic heterocycles. The quantitative estimate of drug-likeness (QED) is 0.805. The van der Waals surface area contributed by atoms with Gasteiger partial charge >= 0.3 is 0 Å². The van der Waals surface area contributed by atoms with Gasteiger partial charge in [-0.15, -0.1) is 0 Å². The Labute approximate surface area is 111 Å². The van der Waals surface area contributed by atoms with Gasteiger partial charge in [-0.25, -0.2) is 4.98 Å². The minimum absolute atomic E-state index is 0.607. The highest BCUT2D eigenvalue weighted by molar-refractivity contribution is 5.16. The monoisotopic (exact) mass is 249 g/mol. The van der Waals surface area contributed by atoms with Crippen molar-refractivity contribution in [1.82, 2.24) is 14.9 Å². The van der Waals surface area contributed by atoms with Gasteiger partial charge in [0.1, 0.15) is 0 Å². The van der Waals surface area contributed by atoms with Crippen LogP contribution < -0.4 is 5.32 Å². The van der Waals surface area contributed by atoms with E-state index in [0.717, 1.165) is 13.1 Å². The van der Waals surface area contributed by atoms with Crippen molar-refractivity contribution in [3.8, 4) is 0 Å². The van der Waals surface area contributed by atoms with Gasteiger partial charge in [0.15, 0.2) is 0 Å². The summed E-state index contributed by atoms with van der Waals surface area (Å²) in [6, 6.07) is 0.607. The van der Waals surface area contributed by atoms with E-state index in [1.807, 2.05) is 0 Å². The molecule has 18 heavy (non-hydrogen) atoms. The van der Waals surface area contributed by atoms with E-state index in [-0.39, 0.29) is 0 Å². The van der Waals surface area contributed by atoms with Crippen LogP contribution in [0.25, 0.3) is 0 Å². The van der Waals surface area contributed by atoms with Gasteiger partial charge in [-0.3, -0.25) is 0 Å². The molecule has 1 unspecified atom stereocenters. The molecule has 102 valence electrons. The molecule has 3 nitrogen and oxygen atoms in total. The normalized spacial score (nSPS) is 16.6. The predicted octanol–water partition coefficient (Wildman–Crippen LogP) is 2.93. The standard InChI is InChI=1S/C15H27N3/c1-3-7-13(16-10-4-2)11-18-12-17-14-8-5-6-9-15(14)18/h12-13,16H,3-11H2,1-2H3. The van der Waals surface area contributed by atoms with Crippen molar-refractivity contribution in [2.45, 2.75) is 71.4 Å². The van der Waals surface area contributed by atoms with Crippen LogP contribution in [0.15, 0.2) is 6.33 Å². The summed E-state index contributed by atoms with van der Waals surface area (Å²) >= 11 is 0. The largest absolute Gasteiger partial charge is 0.333 e. The van der Waals surface area contributed by atoms with Crippen molar-refractivity contribution in [3.05, 3.63) is 17.7 Å². The third-order valence-electron chi connectivity index (χ3n) is 3.85. The highest BCUT2D eigenvalue weighted by Crippen LogP contribution is 2.20. The van der Waals surface area contributed by atoms with Gasteiger partial charge in [0.05, 0.1) is 12.0 Å². The summed E-state index contributed by atoms with van der Waals surface area (Å²) in [5, 5.41) is 3.67. The van der Waals surface area contributed by atoms with Gasteiger partial charge in [-0.1, -0.05) is 20.3 Å². The minimum Gasteiger partial charge on any atom is -0.333 e. The zero-order valence-electron chi connectivity index (χ0n) is 11.9. The zero-order valence-corrected chi connectivity index (χ0v) is 11.9. The lowest BCUT2D eigenvalue weighted by Gasteiger charge is -2.21. The van der Waals surface area contributed by atoms with Crippen LogP contribution in [0.2, 0.25) is 0 Å². The Morgan fingerprint density at radius 2 is 2.11 bits per heavy atom. The molecule has 1 aliphatic rings. The van der Waals surface area contributed by atoms with Crippen LogP contribution in [0.5, 0.6) is 0 Å². The Bertz CT molecular complexity index is 357. The van der Waals surface area contributed by atoms with Gasteiger partial charge in [-0.05, 0) is 45.1 Å². The third kappa shape index (κ3) is 3.35. The number of hydrogen-bond donors (Lipinski definition) is 1. The fourth-order valence-corrected chi connectivity index (χ4v) is 2.88. The maximum absolute atomic E-state index is 4.59. The summed E-state index contributed by atoms with van der Waals surface area (Å²) in [6.45, 7) is 6.72. The Morgan fingerprint density at radius 3 is 2.89 bits per heavy atom. The van der Waals surface area contributed by atoms with Crippen molar-refractivity contribution in [2.24, 2.45) is 0 Å². The van der Waals surface area contributed by atoms with Crippen LogP contribution in [0.4, 0.5) is 0 Å². The van der Waals surface area contributed by atoms with E-state index < -0.39 is 0 Å². The van der Waals surface area contributed by atoms with Gasteiger partial charge in [-0.2, -0.15) is 0 Å². The van der Waals surface area contributed by atoms with Gasteiger partial charge < -0.3 is 9.88 Å². The molecule has 2 rings (SSSR count). The summed E-state index contributed by atoms with van der Waals surface area (Å²) in [4.78, 5) is 4.59. The molecule has 1 aromatic heterocycles. The smallest absolute Gasteiger partial charge is 0.0952 e. The highest BCUT2D eigenvalue weighted by Gasteiger charge is 2.17. The van der Waals surface area contributed by atoms with Crippen LogP contribution in [0.3, 0.4) is 0 Å². The molecular formula is C15H27N3. The Hall–Kier alpha value is -0.830. The lowest BCUT2D eigenvalue weighted by atomic mass is 10.0. The summed E-state index contributed by atoms with van der Waals surface area (Å²) in [6.07, 6.45) is 10.8. The molecule has 3 heteroatoms. The van der Waals surface area contributed by atoms with E-state index in [4.69, 9.17) is 0 Å². The first-order valence-electron chi connectivity index (χ1n) is 7.61. The number of aromatic nitrogens is 2. The number of imidazole rings is 1. The molecule has 1 N–H and O–H groups in total. The van der Waals surface area contributed by atoms with Crippen molar-refractivity contribution in [1.29, 1.82) is 0 Å². The highest BCUT2D eigenvalue weighted by atomic mass is 15.1. The van der Waals surface area contributed by atoms with Crippen molar-refractivity contribution in [2.75, 3.05) is 6.54 Å². The number of rotatable bonds is 7. The van der Waals surface area contributed by atoms with E-state index in [1.54, 1.807) is 0 Å². The molecule has 0 bridgehead atoms. The average molecular weight is 249 g/mol. The maximum Gasteiger partial charge on any atom is 0.0952 e. The fourth-order valence-electron chi connectivity index (χ4n) is 2.88. The molecule has 0 saturated heterocycles. The summed E-state index contributed by atoms with van der Waals surface area (Å²) in [5.41, 5.74) is 2.85. The molecule has 0 radical (unpaired) electrons. The van der Waals surface area contributed by atoms with Gasteiger partial charge in [0, 0.05) is 18.3 Å². The summed E-state index contributed by atoms with van der Waals surface area (Å²) < 4.78 is 2.40.